The molecule has 6 nitrogen and oxygen atoms in total. The van der Waals surface area contributed by atoms with Crippen molar-refractivity contribution in [1.29, 1.82) is 0 Å². The quantitative estimate of drug-likeness (QED) is 0.773. The van der Waals surface area contributed by atoms with Crippen LogP contribution in [-0.2, 0) is 4.79 Å². The highest BCUT2D eigenvalue weighted by Crippen LogP contribution is 2.18. The van der Waals surface area contributed by atoms with Crippen LogP contribution in [0.5, 0.6) is 0 Å². The van der Waals surface area contributed by atoms with E-state index in [-0.39, 0.29) is 11.8 Å². The Morgan fingerprint density at radius 2 is 2.15 bits per heavy atom. The van der Waals surface area contributed by atoms with E-state index in [1.54, 1.807) is 0 Å². The van der Waals surface area contributed by atoms with Gasteiger partial charge in [-0.05, 0) is 23.8 Å². The van der Waals surface area contributed by atoms with Crippen molar-refractivity contribution in [2.24, 2.45) is 11.0 Å². The number of hydrazine groups is 2. The Hall–Kier alpha value is -2.34. The number of hydrazone groups is 1. The van der Waals surface area contributed by atoms with E-state index in [1.165, 1.54) is 0 Å². The number of carbonyl (C=O) groups excluding carboxylic acids is 1. The first-order chi connectivity index (χ1) is 9.72. The zero-order valence-electron chi connectivity index (χ0n) is 11.3. The van der Waals surface area contributed by atoms with Gasteiger partial charge in [0.15, 0.2) is 0 Å². The second kappa shape index (κ2) is 5.34. The van der Waals surface area contributed by atoms with Gasteiger partial charge in [-0.25, -0.2) is 16.0 Å². The SMILES string of the molecule is CC1CC(=O)NN=C1c1ccc(NN2C=CCN2)cc1. The van der Waals surface area contributed by atoms with Crippen LogP contribution < -0.4 is 16.3 Å². The number of anilines is 1. The predicted octanol–water partition coefficient (Wildman–Crippen LogP) is 1.21. The number of hydrogen-bond donors (Lipinski definition) is 3. The first-order valence-electron chi connectivity index (χ1n) is 6.65. The van der Waals surface area contributed by atoms with Gasteiger partial charge in [-0.2, -0.15) is 5.10 Å². The third kappa shape index (κ3) is 2.65. The number of benzene rings is 1. The molecular formula is C14H17N5O. The fourth-order valence-electron chi connectivity index (χ4n) is 2.30. The molecule has 2 heterocycles. The number of nitrogens with zero attached hydrogens (tertiary/aromatic N) is 2. The Morgan fingerprint density at radius 3 is 2.80 bits per heavy atom. The molecule has 0 spiro atoms. The molecule has 3 N–H and O–H groups in total. The molecule has 0 fully saturated rings. The largest absolute Gasteiger partial charge is 0.285 e. The van der Waals surface area contributed by atoms with Crippen molar-refractivity contribution in [2.75, 3.05) is 12.0 Å². The molecule has 0 aliphatic carbocycles. The smallest absolute Gasteiger partial charge is 0.240 e. The third-order valence-corrected chi connectivity index (χ3v) is 3.32. The summed E-state index contributed by atoms with van der Waals surface area (Å²) < 4.78 is 0. The summed E-state index contributed by atoms with van der Waals surface area (Å²) in [6, 6.07) is 8.01. The van der Waals surface area contributed by atoms with E-state index in [2.05, 4.69) is 21.4 Å². The van der Waals surface area contributed by atoms with Crippen LogP contribution in [0.4, 0.5) is 5.69 Å². The maximum absolute atomic E-state index is 11.3. The second-order valence-electron chi connectivity index (χ2n) is 4.94. The van der Waals surface area contributed by atoms with E-state index in [9.17, 15) is 4.79 Å². The minimum Gasteiger partial charge on any atom is -0.285 e. The van der Waals surface area contributed by atoms with Gasteiger partial charge in [0.05, 0.1) is 11.4 Å². The Balaban J connectivity index is 1.72. The fourth-order valence-corrected chi connectivity index (χ4v) is 2.30. The maximum Gasteiger partial charge on any atom is 0.240 e. The van der Waals surface area contributed by atoms with Crippen LogP contribution in [0.15, 0.2) is 41.6 Å². The molecule has 2 aliphatic heterocycles. The summed E-state index contributed by atoms with van der Waals surface area (Å²) in [5.74, 6) is 0.122. The summed E-state index contributed by atoms with van der Waals surface area (Å²) in [6.07, 6.45) is 4.46. The molecule has 0 bridgehead atoms. The van der Waals surface area contributed by atoms with Gasteiger partial charge in [-0.1, -0.05) is 19.1 Å². The molecule has 1 atom stereocenters. The first-order valence-corrected chi connectivity index (χ1v) is 6.65. The van der Waals surface area contributed by atoms with Crippen molar-refractivity contribution < 1.29 is 4.79 Å². The standard InChI is InChI=1S/C14H17N5O/c1-10-9-13(20)16-17-14(10)11-3-5-12(6-4-11)18-19-8-2-7-15-19/h2-6,8,10,15,18H,7,9H2,1H3,(H,16,20). The summed E-state index contributed by atoms with van der Waals surface area (Å²) in [6.45, 7) is 2.85. The van der Waals surface area contributed by atoms with E-state index in [0.717, 1.165) is 23.5 Å². The molecule has 0 radical (unpaired) electrons. The lowest BCUT2D eigenvalue weighted by Crippen LogP contribution is -2.34. The minimum atomic E-state index is -0.0218. The van der Waals surface area contributed by atoms with Gasteiger partial charge in [0, 0.05) is 25.1 Å². The molecule has 1 unspecified atom stereocenters. The van der Waals surface area contributed by atoms with E-state index in [4.69, 9.17) is 0 Å². The lowest BCUT2D eigenvalue weighted by atomic mass is 9.94. The highest BCUT2D eigenvalue weighted by atomic mass is 16.2. The molecule has 3 rings (SSSR count). The Morgan fingerprint density at radius 1 is 1.35 bits per heavy atom. The molecule has 1 aromatic carbocycles. The lowest BCUT2D eigenvalue weighted by molar-refractivity contribution is -0.121. The molecule has 6 heteroatoms. The highest BCUT2D eigenvalue weighted by molar-refractivity contribution is 6.05. The summed E-state index contributed by atoms with van der Waals surface area (Å²) in [5.41, 5.74) is 11.8. The summed E-state index contributed by atoms with van der Waals surface area (Å²) in [4.78, 5) is 11.3. The molecule has 1 amide bonds. The van der Waals surface area contributed by atoms with Crippen molar-refractivity contribution in [3.63, 3.8) is 0 Å². The number of carbonyl (C=O) groups is 1. The molecule has 0 saturated heterocycles. The third-order valence-electron chi connectivity index (χ3n) is 3.32. The molecule has 2 aliphatic rings. The highest BCUT2D eigenvalue weighted by Gasteiger charge is 2.21. The van der Waals surface area contributed by atoms with Crippen LogP contribution in [0.2, 0.25) is 0 Å². The fraction of sp³-hybridized carbons (Fsp3) is 0.286. The second-order valence-corrected chi connectivity index (χ2v) is 4.94. The zero-order valence-corrected chi connectivity index (χ0v) is 11.3. The van der Waals surface area contributed by atoms with Gasteiger partial charge in [-0.15, -0.1) is 0 Å². The molecule has 104 valence electrons. The van der Waals surface area contributed by atoms with Gasteiger partial charge in [0.2, 0.25) is 5.91 Å². The summed E-state index contributed by atoms with van der Waals surface area (Å²) >= 11 is 0. The molecule has 20 heavy (non-hydrogen) atoms. The average Bonchev–Trinajstić information content (AvgIpc) is 2.93. The Bertz CT molecular complexity index is 563. The van der Waals surface area contributed by atoms with Crippen LogP contribution in [0.1, 0.15) is 18.9 Å². The van der Waals surface area contributed by atoms with E-state index in [1.807, 2.05) is 48.6 Å². The van der Waals surface area contributed by atoms with Crippen molar-refractivity contribution >= 4 is 17.3 Å². The Kier molecular flexibility index (Phi) is 3.39. The van der Waals surface area contributed by atoms with Crippen molar-refractivity contribution in [1.82, 2.24) is 16.0 Å². The summed E-state index contributed by atoms with van der Waals surface area (Å²) in [7, 11) is 0. The zero-order chi connectivity index (χ0) is 13.9. The number of rotatable bonds is 3. The maximum atomic E-state index is 11.3. The van der Waals surface area contributed by atoms with Crippen molar-refractivity contribution in [2.45, 2.75) is 13.3 Å². The van der Waals surface area contributed by atoms with E-state index >= 15 is 0 Å². The van der Waals surface area contributed by atoms with Gasteiger partial charge < -0.3 is 0 Å². The van der Waals surface area contributed by atoms with Crippen molar-refractivity contribution in [3.05, 3.63) is 42.1 Å². The van der Waals surface area contributed by atoms with Gasteiger partial charge in [-0.3, -0.25) is 10.2 Å². The van der Waals surface area contributed by atoms with Gasteiger partial charge in [0.25, 0.3) is 0 Å². The topological polar surface area (TPSA) is 68.8 Å². The Labute approximate surface area is 117 Å². The normalized spacial score (nSPS) is 21.6. The van der Waals surface area contributed by atoms with Crippen LogP contribution in [0.25, 0.3) is 0 Å². The monoisotopic (exact) mass is 271 g/mol. The van der Waals surface area contributed by atoms with Crippen LogP contribution >= 0.6 is 0 Å². The van der Waals surface area contributed by atoms with Crippen LogP contribution in [-0.4, -0.2) is 23.3 Å². The van der Waals surface area contributed by atoms with Crippen molar-refractivity contribution in [3.8, 4) is 0 Å². The number of nitrogens with one attached hydrogen (secondary N) is 3. The molecule has 0 aromatic heterocycles. The molecular weight excluding hydrogens is 254 g/mol. The summed E-state index contributed by atoms with van der Waals surface area (Å²) in [5, 5.41) is 5.97. The number of amides is 1. The van der Waals surface area contributed by atoms with Crippen LogP contribution in [0.3, 0.4) is 0 Å². The average molecular weight is 271 g/mol. The first kappa shape index (κ1) is 12.7. The molecule has 1 aromatic rings. The van der Waals surface area contributed by atoms with Gasteiger partial charge in [0.1, 0.15) is 0 Å². The van der Waals surface area contributed by atoms with E-state index in [0.29, 0.717) is 6.42 Å². The van der Waals surface area contributed by atoms with Crippen LogP contribution in [0, 0.1) is 5.92 Å². The minimum absolute atomic E-state index is 0.0218. The van der Waals surface area contributed by atoms with E-state index < -0.39 is 0 Å². The lowest BCUT2D eigenvalue weighted by Gasteiger charge is -2.21. The molecule has 0 saturated carbocycles. The number of hydrogen-bond acceptors (Lipinski definition) is 5. The predicted molar refractivity (Wildman–Crippen MR) is 77.5 cm³/mol. The van der Waals surface area contributed by atoms with Gasteiger partial charge >= 0.3 is 0 Å².